The first-order valence-electron chi connectivity index (χ1n) is 6.44. The average molecular weight is 314 g/mol. The molecule has 0 radical (unpaired) electrons. The predicted octanol–water partition coefficient (Wildman–Crippen LogP) is 3.78. The number of likely N-dealkylation sites (N-methyl/N-ethyl adjacent to an activating group) is 1. The van der Waals surface area contributed by atoms with Gasteiger partial charge in [0.2, 0.25) is 0 Å². The van der Waals surface area contributed by atoms with Crippen molar-refractivity contribution in [1.82, 2.24) is 5.32 Å². The van der Waals surface area contributed by atoms with Crippen LogP contribution >= 0.6 is 15.9 Å². The Kier molecular flexibility index (Phi) is 6.33. The van der Waals surface area contributed by atoms with Gasteiger partial charge in [-0.2, -0.15) is 0 Å². The Morgan fingerprint density at radius 3 is 2.39 bits per heavy atom. The quantitative estimate of drug-likeness (QED) is 0.827. The van der Waals surface area contributed by atoms with Gasteiger partial charge in [0.1, 0.15) is 0 Å². The van der Waals surface area contributed by atoms with E-state index in [2.05, 4.69) is 59.4 Å². The van der Waals surface area contributed by atoms with Crippen molar-refractivity contribution < 1.29 is 4.74 Å². The number of hydrogen-bond donors (Lipinski definition) is 1. The molecule has 1 atom stereocenters. The van der Waals surface area contributed by atoms with Crippen molar-refractivity contribution in [2.24, 2.45) is 0 Å². The van der Waals surface area contributed by atoms with Gasteiger partial charge in [-0.05, 0) is 57.9 Å². The summed E-state index contributed by atoms with van der Waals surface area (Å²) in [6.07, 6.45) is 3.24. The molecule has 102 valence electrons. The lowest BCUT2D eigenvalue weighted by molar-refractivity contribution is 0.0119. The van der Waals surface area contributed by atoms with Crippen LogP contribution in [0, 0.1) is 0 Å². The zero-order valence-corrected chi connectivity index (χ0v) is 13.4. The van der Waals surface area contributed by atoms with E-state index in [0.717, 1.165) is 23.7 Å². The first-order valence-corrected chi connectivity index (χ1v) is 7.23. The third kappa shape index (κ3) is 5.51. The molecule has 0 aromatic heterocycles. The topological polar surface area (TPSA) is 21.3 Å². The molecule has 1 unspecified atom stereocenters. The van der Waals surface area contributed by atoms with Gasteiger partial charge in [-0.15, -0.1) is 0 Å². The van der Waals surface area contributed by atoms with E-state index in [9.17, 15) is 0 Å². The number of rotatable bonds is 7. The Morgan fingerprint density at radius 1 is 1.28 bits per heavy atom. The largest absolute Gasteiger partial charge is 0.379 e. The number of nitrogens with one attached hydrogen (secondary N) is 1. The first-order chi connectivity index (χ1) is 8.46. The van der Waals surface area contributed by atoms with Gasteiger partial charge in [0, 0.05) is 17.6 Å². The SMILES string of the molecule is CNC(CCC(C)(C)OC)Cc1ccc(Br)cc1. The average Bonchev–Trinajstić information content (AvgIpc) is 2.37. The number of benzene rings is 1. The summed E-state index contributed by atoms with van der Waals surface area (Å²) in [6.45, 7) is 4.28. The van der Waals surface area contributed by atoms with Crippen molar-refractivity contribution >= 4 is 15.9 Å². The van der Waals surface area contributed by atoms with E-state index >= 15 is 0 Å². The van der Waals surface area contributed by atoms with Gasteiger partial charge in [-0.25, -0.2) is 0 Å². The fraction of sp³-hybridized carbons (Fsp3) is 0.600. The molecule has 1 N–H and O–H groups in total. The first kappa shape index (κ1) is 15.7. The van der Waals surface area contributed by atoms with Crippen molar-refractivity contribution in [1.29, 1.82) is 0 Å². The number of halogens is 1. The van der Waals surface area contributed by atoms with Crippen LogP contribution in [0.5, 0.6) is 0 Å². The van der Waals surface area contributed by atoms with E-state index in [1.807, 2.05) is 7.05 Å². The fourth-order valence-electron chi connectivity index (χ4n) is 1.88. The minimum Gasteiger partial charge on any atom is -0.379 e. The molecule has 0 spiro atoms. The number of ether oxygens (including phenoxy) is 1. The van der Waals surface area contributed by atoms with Crippen LogP contribution in [-0.2, 0) is 11.2 Å². The second-order valence-corrected chi connectivity index (χ2v) is 6.23. The molecule has 1 rings (SSSR count). The third-order valence-corrected chi connectivity index (χ3v) is 3.98. The van der Waals surface area contributed by atoms with Gasteiger partial charge < -0.3 is 10.1 Å². The Morgan fingerprint density at radius 2 is 1.89 bits per heavy atom. The molecule has 0 heterocycles. The van der Waals surface area contributed by atoms with Crippen LogP contribution < -0.4 is 5.32 Å². The van der Waals surface area contributed by atoms with Crippen LogP contribution in [0.15, 0.2) is 28.7 Å². The van der Waals surface area contributed by atoms with Crippen molar-refractivity contribution in [2.75, 3.05) is 14.2 Å². The van der Waals surface area contributed by atoms with Crippen molar-refractivity contribution in [3.63, 3.8) is 0 Å². The van der Waals surface area contributed by atoms with Gasteiger partial charge in [-0.1, -0.05) is 28.1 Å². The molecule has 0 amide bonds. The summed E-state index contributed by atoms with van der Waals surface area (Å²) >= 11 is 3.46. The molecule has 2 nitrogen and oxygen atoms in total. The van der Waals surface area contributed by atoms with Crippen LogP contribution in [0.25, 0.3) is 0 Å². The third-order valence-electron chi connectivity index (χ3n) is 3.45. The monoisotopic (exact) mass is 313 g/mol. The van der Waals surface area contributed by atoms with Crippen LogP contribution in [0.1, 0.15) is 32.3 Å². The molecule has 0 fully saturated rings. The van der Waals surface area contributed by atoms with E-state index in [1.54, 1.807) is 7.11 Å². The van der Waals surface area contributed by atoms with Crippen molar-refractivity contribution in [2.45, 2.75) is 44.8 Å². The van der Waals surface area contributed by atoms with E-state index in [4.69, 9.17) is 4.74 Å². The minimum absolute atomic E-state index is 0.0329. The highest BCUT2D eigenvalue weighted by molar-refractivity contribution is 9.10. The molecule has 0 saturated carbocycles. The number of methoxy groups -OCH3 is 1. The predicted molar refractivity (Wildman–Crippen MR) is 81.0 cm³/mol. The number of hydrogen-bond acceptors (Lipinski definition) is 2. The highest BCUT2D eigenvalue weighted by atomic mass is 79.9. The normalized spacial score (nSPS) is 13.6. The lowest BCUT2D eigenvalue weighted by atomic mass is 9.95. The van der Waals surface area contributed by atoms with Crippen LogP contribution in [0.3, 0.4) is 0 Å². The minimum atomic E-state index is -0.0329. The summed E-state index contributed by atoms with van der Waals surface area (Å²) in [5, 5.41) is 3.39. The zero-order chi connectivity index (χ0) is 13.6. The highest BCUT2D eigenvalue weighted by Gasteiger charge is 2.18. The Hall–Kier alpha value is -0.380. The summed E-state index contributed by atoms with van der Waals surface area (Å²) < 4.78 is 6.60. The van der Waals surface area contributed by atoms with Gasteiger partial charge in [0.05, 0.1) is 5.60 Å². The van der Waals surface area contributed by atoms with Crippen molar-refractivity contribution in [3.05, 3.63) is 34.3 Å². The smallest absolute Gasteiger partial charge is 0.0623 e. The maximum absolute atomic E-state index is 5.46. The molecular formula is C15H24BrNO. The zero-order valence-electron chi connectivity index (χ0n) is 11.8. The maximum Gasteiger partial charge on any atom is 0.0623 e. The van der Waals surface area contributed by atoms with Gasteiger partial charge in [-0.3, -0.25) is 0 Å². The molecule has 1 aromatic carbocycles. The molecule has 0 bridgehead atoms. The second kappa shape index (κ2) is 7.27. The van der Waals surface area contributed by atoms with Gasteiger partial charge in [0.25, 0.3) is 0 Å². The summed E-state index contributed by atoms with van der Waals surface area (Å²) in [4.78, 5) is 0. The van der Waals surface area contributed by atoms with E-state index in [-0.39, 0.29) is 5.60 Å². The van der Waals surface area contributed by atoms with Gasteiger partial charge in [0.15, 0.2) is 0 Å². The molecule has 0 saturated heterocycles. The van der Waals surface area contributed by atoms with E-state index < -0.39 is 0 Å². The van der Waals surface area contributed by atoms with Gasteiger partial charge >= 0.3 is 0 Å². The molecule has 3 heteroatoms. The lowest BCUT2D eigenvalue weighted by Gasteiger charge is -2.26. The Bertz CT molecular complexity index is 348. The Balaban J connectivity index is 2.49. The standard InChI is InChI=1S/C15H24BrNO/c1-15(2,18-4)10-9-14(17-3)11-12-5-7-13(16)8-6-12/h5-8,14,17H,9-11H2,1-4H3. The fourth-order valence-corrected chi connectivity index (χ4v) is 2.14. The lowest BCUT2D eigenvalue weighted by Crippen LogP contribution is -2.31. The second-order valence-electron chi connectivity index (χ2n) is 5.32. The molecule has 0 aliphatic carbocycles. The summed E-state index contributed by atoms with van der Waals surface area (Å²) in [5.74, 6) is 0. The van der Waals surface area contributed by atoms with Crippen LogP contribution in [-0.4, -0.2) is 25.8 Å². The molecule has 0 aliphatic rings. The van der Waals surface area contributed by atoms with Crippen LogP contribution in [0.2, 0.25) is 0 Å². The molecule has 18 heavy (non-hydrogen) atoms. The summed E-state index contributed by atoms with van der Waals surface area (Å²) in [6, 6.07) is 9.05. The molecule has 0 aliphatic heterocycles. The summed E-state index contributed by atoms with van der Waals surface area (Å²) in [7, 11) is 3.81. The molecular weight excluding hydrogens is 290 g/mol. The van der Waals surface area contributed by atoms with Crippen molar-refractivity contribution in [3.8, 4) is 0 Å². The molecule has 1 aromatic rings. The highest BCUT2D eigenvalue weighted by Crippen LogP contribution is 2.19. The van der Waals surface area contributed by atoms with Crippen LogP contribution in [0.4, 0.5) is 0 Å². The van der Waals surface area contributed by atoms with E-state index in [1.165, 1.54) is 5.56 Å². The summed E-state index contributed by atoms with van der Waals surface area (Å²) in [5.41, 5.74) is 1.34. The van der Waals surface area contributed by atoms with E-state index in [0.29, 0.717) is 6.04 Å². The maximum atomic E-state index is 5.46. The Labute approximate surface area is 119 Å².